The van der Waals surface area contributed by atoms with Gasteiger partial charge in [0.05, 0.1) is 12.4 Å². The second kappa shape index (κ2) is 8.17. The van der Waals surface area contributed by atoms with Gasteiger partial charge in [0.2, 0.25) is 9.84 Å². The van der Waals surface area contributed by atoms with Gasteiger partial charge in [-0.25, -0.2) is 17.2 Å². The summed E-state index contributed by atoms with van der Waals surface area (Å²) in [6.07, 6.45) is 1.14. The quantitative estimate of drug-likeness (QED) is 0.501. The van der Waals surface area contributed by atoms with E-state index in [2.05, 4.69) is 0 Å². The van der Waals surface area contributed by atoms with E-state index in [0.29, 0.717) is 17.9 Å². The molecule has 1 fully saturated rings. The predicted octanol–water partition coefficient (Wildman–Crippen LogP) is 5.84. The second-order valence-electron chi connectivity index (χ2n) is 8.49. The average molecular weight is 495 g/mol. The molecule has 3 atom stereocenters. The molecule has 3 nitrogen and oxygen atoms in total. The van der Waals surface area contributed by atoms with E-state index in [1.54, 1.807) is 24.3 Å². The summed E-state index contributed by atoms with van der Waals surface area (Å²) < 4.78 is 98.4. The Morgan fingerprint density at radius 3 is 2.38 bits per heavy atom. The molecule has 0 N–H and O–H groups in total. The standard InChI is InChI=1S/C22H20ClF5O3S/c23-15-5-3-13(4-6-15)10-21-9-1-2-14(12-32(29,30)22(26,27)28)16(21)11-31-20-18(25)8-7-17(24)19(20)21/h3-8,14,16H,1-2,9-12H2/t14-,16-,21-/m0/s1. The molecule has 0 bridgehead atoms. The molecular formula is C22H20ClF5O3S. The van der Waals surface area contributed by atoms with E-state index in [4.69, 9.17) is 16.3 Å². The molecule has 1 saturated carbocycles. The fourth-order valence-electron chi connectivity index (χ4n) is 5.29. The van der Waals surface area contributed by atoms with Gasteiger partial charge < -0.3 is 4.74 Å². The van der Waals surface area contributed by atoms with Crippen LogP contribution in [0.25, 0.3) is 0 Å². The number of ether oxygens (including phenoxy) is 1. The molecule has 0 amide bonds. The maximum Gasteiger partial charge on any atom is 0.497 e. The molecule has 174 valence electrons. The molecule has 0 unspecified atom stereocenters. The number of halogens is 6. The maximum atomic E-state index is 15.1. The van der Waals surface area contributed by atoms with Crippen molar-refractivity contribution in [3.05, 3.63) is 64.2 Å². The van der Waals surface area contributed by atoms with Gasteiger partial charge in [-0.3, -0.25) is 0 Å². The summed E-state index contributed by atoms with van der Waals surface area (Å²) in [7, 11) is -5.39. The third-order valence-corrected chi connectivity index (χ3v) is 8.48. The Kier molecular flexibility index (Phi) is 5.94. The molecule has 4 rings (SSSR count). The van der Waals surface area contributed by atoms with Crippen LogP contribution >= 0.6 is 11.6 Å². The fraction of sp³-hybridized carbons (Fsp3) is 0.455. The summed E-state index contributed by atoms with van der Waals surface area (Å²) in [5.74, 6) is -4.51. The van der Waals surface area contributed by atoms with E-state index >= 15 is 4.39 Å². The van der Waals surface area contributed by atoms with Gasteiger partial charge in [-0.2, -0.15) is 13.2 Å². The molecule has 0 saturated heterocycles. The van der Waals surface area contributed by atoms with Gasteiger partial charge in [0.15, 0.2) is 11.6 Å². The second-order valence-corrected chi connectivity index (χ2v) is 11.0. The molecule has 1 aliphatic carbocycles. The zero-order valence-corrected chi connectivity index (χ0v) is 18.3. The predicted molar refractivity (Wildman–Crippen MR) is 109 cm³/mol. The van der Waals surface area contributed by atoms with E-state index in [-0.39, 0.29) is 30.8 Å². The lowest BCUT2D eigenvalue weighted by molar-refractivity contribution is -0.0449. The van der Waals surface area contributed by atoms with Crippen LogP contribution in [0, 0.1) is 23.5 Å². The van der Waals surface area contributed by atoms with Gasteiger partial charge in [-0.05, 0) is 55.0 Å². The van der Waals surface area contributed by atoms with E-state index < -0.39 is 50.0 Å². The third-order valence-electron chi connectivity index (χ3n) is 6.66. The summed E-state index contributed by atoms with van der Waals surface area (Å²) in [6.45, 7) is -0.195. The molecular weight excluding hydrogens is 475 g/mol. The van der Waals surface area contributed by atoms with E-state index in [1.807, 2.05) is 0 Å². The van der Waals surface area contributed by atoms with Crippen molar-refractivity contribution in [3.63, 3.8) is 0 Å². The smallest absolute Gasteiger partial charge is 0.490 e. The van der Waals surface area contributed by atoms with E-state index in [9.17, 15) is 26.0 Å². The minimum atomic E-state index is -5.39. The zero-order chi connectivity index (χ0) is 23.3. The normalized spacial score (nSPS) is 25.6. The van der Waals surface area contributed by atoms with Crippen LogP contribution in [0.4, 0.5) is 22.0 Å². The lowest BCUT2D eigenvalue weighted by Gasteiger charge is -2.51. The first kappa shape index (κ1) is 23.3. The largest absolute Gasteiger partial charge is 0.497 e. The first-order valence-electron chi connectivity index (χ1n) is 10.1. The van der Waals surface area contributed by atoms with Crippen LogP contribution in [0.15, 0.2) is 36.4 Å². The molecule has 32 heavy (non-hydrogen) atoms. The summed E-state index contributed by atoms with van der Waals surface area (Å²) >= 11 is 5.95. The Morgan fingerprint density at radius 2 is 1.72 bits per heavy atom. The van der Waals surface area contributed by atoms with Crippen LogP contribution in [0.2, 0.25) is 5.02 Å². The van der Waals surface area contributed by atoms with Crippen LogP contribution in [0.3, 0.4) is 0 Å². The fourth-order valence-corrected chi connectivity index (χ4v) is 6.56. The van der Waals surface area contributed by atoms with Gasteiger partial charge in [0, 0.05) is 21.9 Å². The minimum Gasteiger partial charge on any atom is -0.490 e. The lowest BCUT2D eigenvalue weighted by atomic mass is 9.56. The topological polar surface area (TPSA) is 43.4 Å². The highest BCUT2D eigenvalue weighted by molar-refractivity contribution is 7.92. The molecule has 0 radical (unpaired) electrons. The SMILES string of the molecule is O=S(=O)(C[C@@H]1CCC[C@@]2(Cc3ccc(Cl)cc3)c3c(F)ccc(F)c3OC[C@@H]12)C(F)(F)F. The van der Waals surface area contributed by atoms with Crippen LogP contribution in [-0.2, 0) is 21.7 Å². The van der Waals surface area contributed by atoms with E-state index in [0.717, 1.165) is 17.7 Å². The van der Waals surface area contributed by atoms with Crippen molar-refractivity contribution in [3.8, 4) is 5.75 Å². The van der Waals surface area contributed by atoms with Gasteiger partial charge in [-0.15, -0.1) is 0 Å². The summed E-state index contributed by atoms with van der Waals surface area (Å²) in [5, 5.41) is 0.477. The molecule has 1 aliphatic heterocycles. The van der Waals surface area contributed by atoms with Crippen molar-refractivity contribution >= 4 is 21.4 Å². The molecule has 10 heteroatoms. The molecule has 0 spiro atoms. The molecule has 2 aliphatic rings. The van der Waals surface area contributed by atoms with Crippen molar-refractivity contribution in [2.45, 2.75) is 36.6 Å². The highest BCUT2D eigenvalue weighted by Crippen LogP contribution is 2.55. The Labute approximate surface area is 187 Å². The van der Waals surface area contributed by atoms with Crippen LogP contribution < -0.4 is 4.74 Å². The minimum absolute atomic E-state index is 0.0298. The lowest BCUT2D eigenvalue weighted by Crippen LogP contribution is -2.52. The van der Waals surface area contributed by atoms with Crippen LogP contribution in [0.5, 0.6) is 5.75 Å². The number of alkyl halides is 3. The number of hydrogen-bond acceptors (Lipinski definition) is 3. The monoisotopic (exact) mass is 494 g/mol. The van der Waals surface area contributed by atoms with Crippen LogP contribution in [-0.4, -0.2) is 26.3 Å². The number of hydrogen-bond donors (Lipinski definition) is 0. The number of sulfone groups is 1. The molecule has 2 aromatic rings. The number of fused-ring (bicyclic) bond motifs is 3. The van der Waals surface area contributed by atoms with Crippen molar-refractivity contribution in [2.24, 2.45) is 11.8 Å². The number of benzene rings is 2. The molecule has 1 heterocycles. The van der Waals surface area contributed by atoms with Gasteiger partial charge in [0.25, 0.3) is 0 Å². The van der Waals surface area contributed by atoms with Crippen molar-refractivity contribution < 1.29 is 35.1 Å². The average Bonchev–Trinajstić information content (AvgIpc) is 2.71. The highest BCUT2D eigenvalue weighted by Gasteiger charge is 2.55. The van der Waals surface area contributed by atoms with E-state index in [1.165, 1.54) is 0 Å². The van der Waals surface area contributed by atoms with Gasteiger partial charge in [0.1, 0.15) is 5.82 Å². The third kappa shape index (κ3) is 3.98. The Hall–Kier alpha value is -1.87. The number of rotatable bonds is 4. The maximum absolute atomic E-state index is 15.1. The van der Waals surface area contributed by atoms with Crippen molar-refractivity contribution in [1.29, 1.82) is 0 Å². The Bertz CT molecular complexity index is 1120. The molecule has 0 aromatic heterocycles. The Morgan fingerprint density at radius 1 is 1.06 bits per heavy atom. The van der Waals surface area contributed by atoms with Crippen molar-refractivity contribution in [2.75, 3.05) is 12.4 Å². The first-order valence-corrected chi connectivity index (χ1v) is 12.1. The Balaban J connectivity index is 1.84. The summed E-state index contributed by atoms with van der Waals surface area (Å²) in [6, 6.07) is 8.63. The zero-order valence-electron chi connectivity index (χ0n) is 16.8. The highest BCUT2D eigenvalue weighted by atomic mass is 35.5. The molecule has 2 aromatic carbocycles. The van der Waals surface area contributed by atoms with Gasteiger partial charge >= 0.3 is 5.51 Å². The summed E-state index contributed by atoms with van der Waals surface area (Å²) in [5.41, 5.74) is -5.79. The summed E-state index contributed by atoms with van der Waals surface area (Å²) in [4.78, 5) is 0. The van der Waals surface area contributed by atoms with Crippen LogP contribution in [0.1, 0.15) is 30.4 Å². The van der Waals surface area contributed by atoms with Gasteiger partial charge in [-0.1, -0.05) is 30.2 Å². The van der Waals surface area contributed by atoms with Crippen molar-refractivity contribution in [1.82, 2.24) is 0 Å². The first-order chi connectivity index (χ1) is 14.9.